The summed E-state index contributed by atoms with van der Waals surface area (Å²) in [6.07, 6.45) is -1.84. The summed E-state index contributed by atoms with van der Waals surface area (Å²) >= 11 is 0. The van der Waals surface area contributed by atoms with Gasteiger partial charge in [0.1, 0.15) is 19.2 Å². The van der Waals surface area contributed by atoms with Gasteiger partial charge in [0, 0.05) is 12.5 Å². The molecule has 0 aromatic heterocycles. The molecule has 38 heavy (non-hydrogen) atoms. The molecule has 1 aliphatic rings. The monoisotopic (exact) mass is 534 g/mol. The minimum absolute atomic E-state index is 0.0111. The summed E-state index contributed by atoms with van der Waals surface area (Å²) in [5, 5.41) is 20.9. The van der Waals surface area contributed by atoms with E-state index in [1.165, 1.54) is 0 Å². The molecule has 1 aromatic carbocycles. The molecule has 0 aliphatic carbocycles. The molecule has 4 amide bonds. The lowest BCUT2D eigenvalue weighted by Gasteiger charge is -2.28. The van der Waals surface area contributed by atoms with Gasteiger partial charge in [-0.05, 0) is 37.7 Å². The summed E-state index contributed by atoms with van der Waals surface area (Å²) in [4.78, 5) is 62.0. The SMILES string of the molecule is CCOC(=O)CNC(=O)C(O)[C@H](CC1CCNC1=O)NC(=O)[C@H](CC(C)C)NC(=O)OCc1ccccc1. The lowest BCUT2D eigenvalue weighted by molar-refractivity contribution is -0.145. The van der Waals surface area contributed by atoms with Gasteiger partial charge in [0.05, 0.1) is 12.6 Å². The third-order valence-electron chi connectivity index (χ3n) is 5.92. The van der Waals surface area contributed by atoms with Crippen molar-refractivity contribution in [2.45, 2.75) is 64.8 Å². The normalized spacial score (nSPS) is 17.1. The molecular formula is C26H38N4O8. The molecule has 12 heteroatoms. The smallest absolute Gasteiger partial charge is 0.408 e. The van der Waals surface area contributed by atoms with Crippen LogP contribution in [0.2, 0.25) is 0 Å². The Morgan fingerprint density at radius 2 is 1.79 bits per heavy atom. The molecule has 0 spiro atoms. The van der Waals surface area contributed by atoms with E-state index < -0.39 is 54.5 Å². The number of ether oxygens (including phenoxy) is 2. The van der Waals surface area contributed by atoms with E-state index in [4.69, 9.17) is 9.47 Å². The van der Waals surface area contributed by atoms with Crippen molar-refractivity contribution >= 4 is 29.8 Å². The molecular weight excluding hydrogens is 496 g/mol. The zero-order valence-electron chi connectivity index (χ0n) is 22.0. The fourth-order valence-electron chi connectivity index (χ4n) is 4.00. The molecule has 2 rings (SSSR count). The summed E-state index contributed by atoms with van der Waals surface area (Å²) in [6.45, 7) is 5.49. The third-order valence-corrected chi connectivity index (χ3v) is 5.92. The van der Waals surface area contributed by atoms with E-state index in [1.54, 1.807) is 19.1 Å². The number of carbonyl (C=O) groups is 5. The highest BCUT2D eigenvalue weighted by molar-refractivity contribution is 5.89. The van der Waals surface area contributed by atoms with E-state index in [0.29, 0.717) is 13.0 Å². The number of aliphatic hydroxyl groups is 1. The van der Waals surface area contributed by atoms with E-state index >= 15 is 0 Å². The van der Waals surface area contributed by atoms with Crippen LogP contribution >= 0.6 is 0 Å². The Morgan fingerprint density at radius 3 is 2.39 bits per heavy atom. The van der Waals surface area contributed by atoms with Gasteiger partial charge in [-0.2, -0.15) is 0 Å². The van der Waals surface area contributed by atoms with Crippen molar-refractivity contribution in [3.8, 4) is 0 Å². The van der Waals surface area contributed by atoms with Gasteiger partial charge in [-0.15, -0.1) is 0 Å². The van der Waals surface area contributed by atoms with Gasteiger partial charge >= 0.3 is 12.1 Å². The predicted molar refractivity (Wildman–Crippen MR) is 136 cm³/mol. The summed E-state index contributed by atoms with van der Waals surface area (Å²) in [5.74, 6) is -2.99. The van der Waals surface area contributed by atoms with Gasteiger partial charge in [0.2, 0.25) is 11.8 Å². The minimum Gasteiger partial charge on any atom is -0.465 e. The number of alkyl carbamates (subject to hydrolysis) is 1. The largest absolute Gasteiger partial charge is 0.465 e. The van der Waals surface area contributed by atoms with Gasteiger partial charge in [0.15, 0.2) is 6.10 Å². The highest BCUT2D eigenvalue weighted by Gasteiger charge is 2.36. The van der Waals surface area contributed by atoms with Crippen LogP contribution in [-0.4, -0.2) is 72.8 Å². The van der Waals surface area contributed by atoms with Crippen LogP contribution in [0.15, 0.2) is 30.3 Å². The molecule has 0 bridgehead atoms. The maximum Gasteiger partial charge on any atom is 0.408 e. The molecule has 1 aliphatic heterocycles. The molecule has 2 unspecified atom stereocenters. The van der Waals surface area contributed by atoms with Crippen LogP contribution in [0.4, 0.5) is 4.79 Å². The second-order valence-corrected chi connectivity index (χ2v) is 9.48. The average molecular weight is 535 g/mol. The number of benzene rings is 1. The van der Waals surface area contributed by atoms with E-state index in [1.807, 2.05) is 32.0 Å². The highest BCUT2D eigenvalue weighted by atomic mass is 16.5. The Labute approximate surface area is 222 Å². The molecule has 1 aromatic rings. The Bertz CT molecular complexity index is 956. The Balaban J connectivity index is 2.08. The van der Waals surface area contributed by atoms with E-state index in [-0.39, 0.29) is 37.9 Å². The molecule has 0 saturated carbocycles. The maximum atomic E-state index is 13.2. The summed E-state index contributed by atoms with van der Waals surface area (Å²) in [6, 6.07) is 6.87. The van der Waals surface area contributed by atoms with Crippen LogP contribution in [0.5, 0.6) is 0 Å². The number of esters is 1. The van der Waals surface area contributed by atoms with Gasteiger partial charge in [-0.25, -0.2) is 4.79 Å². The van der Waals surface area contributed by atoms with Crippen molar-refractivity contribution in [3.05, 3.63) is 35.9 Å². The quantitative estimate of drug-likeness (QED) is 0.213. The van der Waals surface area contributed by atoms with Crippen molar-refractivity contribution in [3.63, 3.8) is 0 Å². The number of rotatable bonds is 14. The van der Waals surface area contributed by atoms with Crippen molar-refractivity contribution in [2.24, 2.45) is 11.8 Å². The minimum atomic E-state index is -1.76. The van der Waals surface area contributed by atoms with E-state index in [2.05, 4.69) is 21.3 Å². The number of nitrogens with one attached hydrogen (secondary N) is 4. The van der Waals surface area contributed by atoms with Gasteiger partial charge in [-0.3, -0.25) is 19.2 Å². The summed E-state index contributed by atoms with van der Waals surface area (Å²) < 4.78 is 10.00. The molecule has 4 atom stereocenters. The van der Waals surface area contributed by atoms with Crippen molar-refractivity contribution in [2.75, 3.05) is 19.7 Å². The molecule has 5 N–H and O–H groups in total. The first-order valence-electron chi connectivity index (χ1n) is 12.8. The van der Waals surface area contributed by atoms with Crippen molar-refractivity contribution in [1.29, 1.82) is 0 Å². The van der Waals surface area contributed by atoms with Gasteiger partial charge in [0.25, 0.3) is 5.91 Å². The molecule has 1 fully saturated rings. The summed E-state index contributed by atoms with van der Waals surface area (Å²) in [7, 11) is 0. The summed E-state index contributed by atoms with van der Waals surface area (Å²) in [5.41, 5.74) is 0.777. The first-order chi connectivity index (χ1) is 18.1. The Morgan fingerprint density at radius 1 is 1.08 bits per heavy atom. The fraction of sp³-hybridized carbons (Fsp3) is 0.577. The third kappa shape index (κ3) is 10.4. The second-order valence-electron chi connectivity index (χ2n) is 9.48. The van der Waals surface area contributed by atoms with Gasteiger partial charge in [-0.1, -0.05) is 44.2 Å². The number of hydrogen-bond donors (Lipinski definition) is 5. The number of amides is 4. The fourth-order valence-corrected chi connectivity index (χ4v) is 4.00. The lowest BCUT2D eigenvalue weighted by Crippen LogP contribution is -2.56. The zero-order chi connectivity index (χ0) is 28.1. The first kappa shape index (κ1) is 30.6. The molecule has 1 saturated heterocycles. The van der Waals surface area contributed by atoms with Crippen LogP contribution in [0.25, 0.3) is 0 Å². The zero-order valence-corrected chi connectivity index (χ0v) is 22.0. The molecule has 1 heterocycles. The van der Waals surface area contributed by atoms with Gasteiger partial charge < -0.3 is 35.8 Å². The topological polar surface area (TPSA) is 172 Å². The number of aliphatic hydroxyl groups excluding tert-OH is 1. The number of hydrogen-bond acceptors (Lipinski definition) is 8. The van der Waals surface area contributed by atoms with E-state index in [0.717, 1.165) is 5.56 Å². The molecule has 12 nitrogen and oxygen atoms in total. The maximum absolute atomic E-state index is 13.2. The molecule has 210 valence electrons. The van der Waals surface area contributed by atoms with Crippen LogP contribution in [0.1, 0.15) is 45.6 Å². The average Bonchev–Trinajstić information content (AvgIpc) is 3.29. The van der Waals surface area contributed by atoms with E-state index in [9.17, 15) is 29.1 Å². The van der Waals surface area contributed by atoms with Crippen LogP contribution < -0.4 is 21.3 Å². The van der Waals surface area contributed by atoms with Crippen LogP contribution in [0.3, 0.4) is 0 Å². The first-order valence-corrected chi connectivity index (χ1v) is 12.8. The van der Waals surface area contributed by atoms with Crippen LogP contribution in [0, 0.1) is 11.8 Å². The highest BCUT2D eigenvalue weighted by Crippen LogP contribution is 2.19. The van der Waals surface area contributed by atoms with Crippen LogP contribution in [-0.2, 0) is 35.3 Å². The standard InChI is InChI=1S/C26H38N4O8/c1-4-37-21(31)14-28-25(35)22(32)19(13-18-10-11-27-23(18)33)29-24(34)20(12-16(2)3)30-26(36)38-15-17-8-6-5-7-9-17/h5-9,16,18-20,22,32H,4,10-15H2,1-3H3,(H,27,33)(H,28,35)(H,29,34)(H,30,36)/t18?,19-,20-,22?/m0/s1. The molecule has 0 radical (unpaired) electrons. The predicted octanol–water partition coefficient (Wildman–Crippen LogP) is 0.379. The van der Waals surface area contributed by atoms with Crippen molar-refractivity contribution < 1.29 is 38.6 Å². The second kappa shape index (κ2) is 15.6. The Kier molecular flexibility index (Phi) is 12.5. The number of carbonyl (C=O) groups excluding carboxylic acids is 5. The lowest BCUT2D eigenvalue weighted by atomic mass is 9.93. The Hall–Kier alpha value is -3.67. The van der Waals surface area contributed by atoms with Crippen molar-refractivity contribution in [1.82, 2.24) is 21.3 Å².